The van der Waals surface area contributed by atoms with E-state index in [4.69, 9.17) is 0 Å². The molecule has 4 nitrogen and oxygen atoms in total. The van der Waals surface area contributed by atoms with Gasteiger partial charge >= 0.3 is 0 Å². The van der Waals surface area contributed by atoms with E-state index in [1.54, 1.807) is 6.92 Å². The van der Waals surface area contributed by atoms with Gasteiger partial charge in [-0.15, -0.1) is 0 Å². The van der Waals surface area contributed by atoms with Gasteiger partial charge in [0, 0.05) is 12.3 Å². The van der Waals surface area contributed by atoms with Gasteiger partial charge in [0.25, 0.3) is 0 Å². The van der Waals surface area contributed by atoms with E-state index in [9.17, 15) is 8.42 Å². The van der Waals surface area contributed by atoms with E-state index in [1.807, 2.05) is 14.1 Å². The van der Waals surface area contributed by atoms with Crippen molar-refractivity contribution in [2.24, 2.45) is 0 Å². The highest BCUT2D eigenvalue weighted by atomic mass is 32.2. The van der Waals surface area contributed by atoms with Gasteiger partial charge in [0.05, 0.1) is 5.75 Å². The van der Waals surface area contributed by atoms with Gasteiger partial charge in [-0.25, -0.2) is 8.42 Å². The Hall–Kier alpha value is -0.130. The van der Waals surface area contributed by atoms with Crippen molar-refractivity contribution in [1.82, 2.24) is 10.2 Å². The standard InChI is InChI=1S/C9H22N2O2S/c1-4-14(12,13)9-7-10-6-5-8-11(2)3/h10H,4-9H2,1-3H3. The second-order valence-corrected chi connectivity index (χ2v) is 6.12. The highest BCUT2D eigenvalue weighted by Crippen LogP contribution is 1.87. The zero-order valence-electron chi connectivity index (χ0n) is 9.41. The van der Waals surface area contributed by atoms with Crippen LogP contribution in [0.25, 0.3) is 0 Å². The van der Waals surface area contributed by atoms with Crippen molar-refractivity contribution in [3.05, 3.63) is 0 Å². The molecule has 1 N–H and O–H groups in total. The molecule has 0 spiro atoms. The van der Waals surface area contributed by atoms with Crippen LogP contribution in [0.5, 0.6) is 0 Å². The SMILES string of the molecule is CCS(=O)(=O)CCNCCCN(C)C. The summed E-state index contributed by atoms with van der Waals surface area (Å²) in [6, 6.07) is 0. The largest absolute Gasteiger partial charge is 0.316 e. The molecule has 0 aromatic rings. The van der Waals surface area contributed by atoms with Crippen LogP contribution in [-0.4, -0.2) is 58.6 Å². The molecule has 0 saturated heterocycles. The summed E-state index contributed by atoms with van der Waals surface area (Å²) in [6.45, 7) is 4.18. The third-order valence-electron chi connectivity index (χ3n) is 1.99. The van der Waals surface area contributed by atoms with Gasteiger partial charge in [-0.3, -0.25) is 0 Å². The minimum absolute atomic E-state index is 0.242. The van der Waals surface area contributed by atoms with Crippen LogP contribution >= 0.6 is 0 Å². The molecule has 0 unspecified atom stereocenters. The Labute approximate surface area is 87.6 Å². The second kappa shape index (κ2) is 7.20. The number of hydrogen-bond donors (Lipinski definition) is 1. The quantitative estimate of drug-likeness (QED) is 0.586. The molecular weight excluding hydrogens is 200 g/mol. The number of rotatable bonds is 8. The van der Waals surface area contributed by atoms with Crippen molar-refractivity contribution >= 4 is 9.84 Å². The van der Waals surface area contributed by atoms with E-state index >= 15 is 0 Å². The van der Waals surface area contributed by atoms with Crippen LogP contribution in [0.4, 0.5) is 0 Å². The predicted molar refractivity (Wildman–Crippen MR) is 60.4 cm³/mol. The lowest BCUT2D eigenvalue weighted by Crippen LogP contribution is -2.26. The van der Waals surface area contributed by atoms with Crippen LogP contribution in [0.15, 0.2) is 0 Å². The van der Waals surface area contributed by atoms with E-state index in [-0.39, 0.29) is 11.5 Å². The van der Waals surface area contributed by atoms with E-state index in [1.165, 1.54) is 0 Å². The molecule has 86 valence electrons. The number of hydrogen-bond acceptors (Lipinski definition) is 4. The molecule has 0 bridgehead atoms. The van der Waals surface area contributed by atoms with Crippen LogP contribution in [0.3, 0.4) is 0 Å². The summed E-state index contributed by atoms with van der Waals surface area (Å²) in [7, 11) is 1.26. The zero-order chi connectivity index (χ0) is 11.0. The predicted octanol–water partition coefficient (Wildman–Crippen LogP) is -0.0376. The molecular formula is C9H22N2O2S. The number of nitrogens with zero attached hydrogens (tertiary/aromatic N) is 1. The molecule has 0 heterocycles. The molecule has 0 radical (unpaired) electrons. The minimum atomic E-state index is -2.80. The van der Waals surface area contributed by atoms with E-state index in [0.29, 0.717) is 6.54 Å². The normalized spacial score (nSPS) is 12.3. The van der Waals surface area contributed by atoms with Crippen molar-refractivity contribution in [2.45, 2.75) is 13.3 Å². The van der Waals surface area contributed by atoms with Gasteiger partial charge < -0.3 is 10.2 Å². The van der Waals surface area contributed by atoms with Crippen LogP contribution in [0, 0.1) is 0 Å². The first-order chi connectivity index (χ1) is 6.48. The first-order valence-electron chi connectivity index (χ1n) is 5.04. The summed E-state index contributed by atoms with van der Waals surface area (Å²) in [5, 5.41) is 3.13. The minimum Gasteiger partial charge on any atom is -0.316 e. The molecule has 0 rings (SSSR count). The van der Waals surface area contributed by atoms with Crippen LogP contribution < -0.4 is 5.32 Å². The van der Waals surface area contributed by atoms with Crippen LogP contribution in [0.1, 0.15) is 13.3 Å². The average molecular weight is 222 g/mol. The fourth-order valence-corrected chi connectivity index (χ4v) is 1.76. The second-order valence-electron chi connectivity index (χ2n) is 3.64. The monoisotopic (exact) mass is 222 g/mol. The fourth-order valence-electron chi connectivity index (χ4n) is 1.02. The maximum atomic E-state index is 11.1. The summed E-state index contributed by atoms with van der Waals surface area (Å²) >= 11 is 0. The Morgan fingerprint density at radius 1 is 1.21 bits per heavy atom. The van der Waals surface area contributed by atoms with E-state index < -0.39 is 9.84 Å². The number of sulfone groups is 1. The Kier molecular flexibility index (Phi) is 7.13. The van der Waals surface area contributed by atoms with Gasteiger partial charge in [0.15, 0.2) is 9.84 Å². The van der Waals surface area contributed by atoms with Crippen molar-refractivity contribution in [3.8, 4) is 0 Å². The molecule has 0 aromatic carbocycles. The highest BCUT2D eigenvalue weighted by molar-refractivity contribution is 7.91. The summed E-state index contributed by atoms with van der Waals surface area (Å²) in [5.74, 6) is 0.498. The summed E-state index contributed by atoms with van der Waals surface area (Å²) < 4.78 is 22.2. The molecule has 5 heteroatoms. The lowest BCUT2D eigenvalue weighted by Gasteiger charge is -2.09. The van der Waals surface area contributed by atoms with E-state index in [2.05, 4.69) is 10.2 Å². The average Bonchev–Trinajstić information content (AvgIpc) is 2.10. The van der Waals surface area contributed by atoms with Crippen molar-refractivity contribution in [1.29, 1.82) is 0 Å². The van der Waals surface area contributed by atoms with Gasteiger partial charge in [0.2, 0.25) is 0 Å². The van der Waals surface area contributed by atoms with Gasteiger partial charge in [-0.2, -0.15) is 0 Å². The van der Waals surface area contributed by atoms with Crippen molar-refractivity contribution < 1.29 is 8.42 Å². The lowest BCUT2D eigenvalue weighted by molar-refractivity contribution is 0.395. The lowest BCUT2D eigenvalue weighted by atomic mass is 10.4. The zero-order valence-corrected chi connectivity index (χ0v) is 10.2. The Bertz CT molecular complexity index is 225. The van der Waals surface area contributed by atoms with Gasteiger partial charge in [-0.1, -0.05) is 6.92 Å². The molecule has 0 atom stereocenters. The molecule has 14 heavy (non-hydrogen) atoms. The Morgan fingerprint density at radius 3 is 2.36 bits per heavy atom. The first kappa shape index (κ1) is 13.9. The molecule has 0 aromatic heterocycles. The van der Waals surface area contributed by atoms with Crippen molar-refractivity contribution in [2.75, 3.05) is 45.2 Å². The molecule has 0 aliphatic carbocycles. The highest BCUT2D eigenvalue weighted by Gasteiger charge is 2.05. The van der Waals surface area contributed by atoms with Crippen LogP contribution in [0.2, 0.25) is 0 Å². The van der Waals surface area contributed by atoms with Crippen molar-refractivity contribution in [3.63, 3.8) is 0 Å². The third-order valence-corrected chi connectivity index (χ3v) is 3.69. The Morgan fingerprint density at radius 2 is 1.86 bits per heavy atom. The summed E-state index contributed by atoms with van der Waals surface area (Å²) in [5.41, 5.74) is 0. The van der Waals surface area contributed by atoms with E-state index in [0.717, 1.165) is 19.5 Å². The molecule has 0 aliphatic rings. The third kappa shape index (κ3) is 8.47. The maximum Gasteiger partial charge on any atom is 0.151 e. The topological polar surface area (TPSA) is 49.4 Å². The Balaban J connectivity index is 3.31. The number of nitrogens with one attached hydrogen (secondary N) is 1. The summed E-state index contributed by atoms with van der Waals surface area (Å²) in [4.78, 5) is 2.12. The molecule has 0 fully saturated rings. The molecule has 0 amide bonds. The first-order valence-corrected chi connectivity index (χ1v) is 6.86. The smallest absolute Gasteiger partial charge is 0.151 e. The maximum absolute atomic E-state index is 11.1. The fraction of sp³-hybridized carbons (Fsp3) is 1.00. The molecule has 0 saturated carbocycles. The van der Waals surface area contributed by atoms with Crippen LogP contribution in [-0.2, 0) is 9.84 Å². The van der Waals surface area contributed by atoms with Gasteiger partial charge in [0.1, 0.15) is 0 Å². The van der Waals surface area contributed by atoms with Gasteiger partial charge in [-0.05, 0) is 33.6 Å². The summed E-state index contributed by atoms with van der Waals surface area (Å²) in [6.07, 6.45) is 1.05. The molecule has 0 aliphatic heterocycles.